The van der Waals surface area contributed by atoms with Gasteiger partial charge in [0.25, 0.3) is 0 Å². The third-order valence-corrected chi connectivity index (χ3v) is 4.78. The van der Waals surface area contributed by atoms with E-state index >= 15 is 0 Å². The van der Waals surface area contributed by atoms with E-state index in [0.29, 0.717) is 32.7 Å². The average Bonchev–Trinajstić information content (AvgIpc) is 2.61. The summed E-state index contributed by atoms with van der Waals surface area (Å²) in [7, 11) is 0. The first-order valence-electron chi connectivity index (χ1n) is 9.87. The van der Waals surface area contributed by atoms with Gasteiger partial charge in [-0.2, -0.15) is 0 Å². The lowest BCUT2D eigenvalue weighted by atomic mass is 10.0. The van der Waals surface area contributed by atoms with Crippen LogP contribution in [0.1, 0.15) is 44.4 Å². The summed E-state index contributed by atoms with van der Waals surface area (Å²) < 4.78 is 0. The molecule has 1 unspecified atom stereocenters. The molecule has 1 heterocycles. The van der Waals surface area contributed by atoms with Crippen molar-refractivity contribution in [3.8, 4) is 0 Å². The Labute approximate surface area is 167 Å². The molecule has 2 N–H and O–H groups in total. The molecule has 0 aromatic heterocycles. The van der Waals surface area contributed by atoms with E-state index in [1.807, 2.05) is 49.9 Å². The average molecular weight is 389 g/mol. The highest BCUT2D eigenvalue weighted by Crippen LogP contribution is 2.19. The number of nitrogens with one attached hydrogen (secondary N) is 2. The second kappa shape index (κ2) is 10.2. The van der Waals surface area contributed by atoms with Crippen LogP contribution in [-0.4, -0.2) is 66.3 Å². The summed E-state index contributed by atoms with van der Waals surface area (Å²) >= 11 is 0. The van der Waals surface area contributed by atoms with Gasteiger partial charge in [0, 0.05) is 39.1 Å². The van der Waals surface area contributed by atoms with Gasteiger partial charge in [0.1, 0.15) is 0 Å². The minimum atomic E-state index is -0.333. The summed E-state index contributed by atoms with van der Waals surface area (Å²) in [6.07, 6.45) is 0.233. The molecular formula is C21H32N4O3. The monoisotopic (exact) mass is 388 g/mol. The standard InChI is InChI=1S/C21H32N4O3/c1-15(2)22-20(27)14-24-9-11-25(12-10-24)21(28)13-19(23-17(4)26)18-7-5-16(3)6-8-18/h5-8,15,19H,9-14H2,1-4H3,(H,22,27)(H,23,26). The van der Waals surface area contributed by atoms with E-state index in [1.54, 1.807) is 0 Å². The van der Waals surface area contributed by atoms with Gasteiger partial charge in [-0.15, -0.1) is 0 Å². The van der Waals surface area contributed by atoms with Gasteiger partial charge in [0.05, 0.1) is 19.0 Å². The van der Waals surface area contributed by atoms with Crippen LogP contribution >= 0.6 is 0 Å². The van der Waals surface area contributed by atoms with Crippen molar-refractivity contribution in [1.82, 2.24) is 20.4 Å². The Balaban J connectivity index is 1.89. The largest absolute Gasteiger partial charge is 0.353 e. The quantitative estimate of drug-likeness (QED) is 0.736. The maximum Gasteiger partial charge on any atom is 0.234 e. The van der Waals surface area contributed by atoms with Crippen molar-refractivity contribution in [3.63, 3.8) is 0 Å². The van der Waals surface area contributed by atoms with Crippen LogP contribution in [0.25, 0.3) is 0 Å². The number of rotatable bonds is 7. The molecule has 1 saturated heterocycles. The van der Waals surface area contributed by atoms with Gasteiger partial charge in [0.2, 0.25) is 17.7 Å². The van der Waals surface area contributed by atoms with Crippen LogP contribution in [0.3, 0.4) is 0 Å². The molecule has 28 heavy (non-hydrogen) atoms. The summed E-state index contributed by atoms with van der Waals surface area (Å²) in [5.74, 6) is -0.121. The molecular weight excluding hydrogens is 356 g/mol. The fraction of sp³-hybridized carbons (Fsp3) is 0.571. The molecule has 1 aliphatic heterocycles. The summed E-state index contributed by atoms with van der Waals surface area (Å²) in [4.78, 5) is 40.1. The number of amides is 3. The van der Waals surface area contributed by atoms with Crippen molar-refractivity contribution >= 4 is 17.7 Å². The Morgan fingerprint density at radius 3 is 2.14 bits per heavy atom. The molecule has 0 saturated carbocycles. The van der Waals surface area contributed by atoms with Crippen molar-refractivity contribution in [2.75, 3.05) is 32.7 Å². The molecule has 0 spiro atoms. The van der Waals surface area contributed by atoms with Crippen LogP contribution in [0, 0.1) is 6.92 Å². The lowest BCUT2D eigenvalue weighted by Gasteiger charge is -2.35. The number of aryl methyl sites for hydroxylation is 1. The first-order chi connectivity index (χ1) is 13.2. The fourth-order valence-electron chi connectivity index (χ4n) is 3.33. The number of carbonyl (C=O) groups is 3. The number of hydrogen-bond donors (Lipinski definition) is 2. The summed E-state index contributed by atoms with van der Waals surface area (Å²) in [5, 5.41) is 5.78. The minimum absolute atomic E-state index is 0.0138. The highest BCUT2D eigenvalue weighted by molar-refractivity contribution is 5.80. The van der Waals surface area contributed by atoms with Crippen LogP contribution < -0.4 is 10.6 Å². The molecule has 7 heteroatoms. The Morgan fingerprint density at radius 2 is 1.61 bits per heavy atom. The van der Waals surface area contributed by atoms with Crippen LogP contribution in [0.15, 0.2) is 24.3 Å². The van der Waals surface area contributed by atoms with E-state index < -0.39 is 0 Å². The molecule has 1 fully saturated rings. The third-order valence-electron chi connectivity index (χ3n) is 4.78. The van der Waals surface area contributed by atoms with Gasteiger partial charge < -0.3 is 15.5 Å². The zero-order chi connectivity index (χ0) is 20.7. The van der Waals surface area contributed by atoms with Gasteiger partial charge in [0.15, 0.2) is 0 Å². The predicted octanol–water partition coefficient (Wildman–Crippen LogP) is 1.23. The zero-order valence-corrected chi connectivity index (χ0v) is 17.3. The first kappa shape index (κ1) is 21.9. The molecule has 1 aliphatic rings. The molecule has 1 atom stereocenters. The van der Waals surface area contributed by atoms with E-state index in [1.165, 1.54) is 6.92 Å². The second-order valence-corrected chi connectivity index (χ2v) is 7.75. The molecule has 7 nitrogen and oxygen atoms in total. The maximum absolute atomic E-state index is 12.8. The van der Waals surface area contributed by atoms with E-state index in [0.717, 1.165) is 11.1 Å². The number of benzene rings is 1. The third kappa shape index (κ3) is 6.96. The van der Waals surface area contributed by atoms with Crippen molar-refractivity contribution in [3.05, 3.63) is 35.4 Å². The van der Waals surface area contributed by atoms with Crippen LogP contribution in [-0.2, 0) is 14.4 Å². The van der Waals surface area contributed by atoms with E-state index in [2.05, 4.69) is 15.5 Å². The number of carbonyl (C=O) groups excluding carboxylic acids is 3. The van der Waals surface area contributed by atoms with Gasteiger partial charge >= 0.3 is 0 Å². The number of nitrogens with zero attached hydrogens (tertiary/aromatic N) is 2. The summed E-state index contributed by atoms with van der Waals surface area (Å²) in [5.41, 5.74) is 2.06. The van der Waals surface area contributed by atoms with Crippen LogP contribution in [0.4, 0.5) is 0 Å². The molecule has 0 bridgehead atoms. The Kier molecular flexibility index (Phi) is 7.99. The number of piperazine rings is 1. The molecule has 1 aromatic rings. The predicted molar refractivity (Wildman–Crippen MR) is 109 cm³/mol. The normalized spacial score (nSPS) is 16.0. The maximum atomic E-state index is 12.8. The van der Waals surface area contributed by atoms with Crippen molar-refractivity contribution in [1.29, 1.82) is 0 Å². The molecule has 154 valence electrons. The first-order valence-corrected chi connectivity index (χ1v) is 9.87. The fourth-order valence-corrected chi connectivity index (χ4v) is 3.33. The highest BCUT2D eigenvalue weighted by Gasteiger charge is 2.25. The molecule has 0 radical (unpaired) electrons. The van der Waals surface area contributed by atoms with E-state index in [-0.39, 0.29) is 36.2 Å². The summed E-state index contributed by atoms with van der Waals surface area (Å²) in [6, 6.07) is 7.66. The van der Waals surface area contributed by atoms with E-state index in [9.17, 15) is 14.4 Å². The van der Waals surface area contributed by atoms with E-state index in [4.69, 9.17) is 0 Å². The number of hydrogen-bond acceptors (Lipinski definition) is 4. The van der Waals surface area contributed by atoms with Crippen molar-refractivity contribution in [2.24, 2.45) is 0 Å². The Morgan fingerprint density at radius 1 is 1.00 bits per heavy atom. The topological polar surface area (TPSA) is 81.8 Å². The minimum Gasteiger partial charge on any atom is -0.353 e. The van der Waals surface area contributed by atoms with Gasteiger partial charge in [-0.05, 0) is 26.3 Å². The highest BCUT2D eigenvalue weighted by atomic mass is 16.2. The van der Waals surface area contributed by atoms with Gasteiger partial charge in [-0.25, -0.2) is 0 Å². The van der Waals surface area contributed by atoms with Crippen LogP contribution in [0.2, 0.25) is 0 Å². The van der Waals surface area contributed by atoms with Gasteiger partial charge in [-0.3, -0.25) is 19.3 Å². The lowest BCUT2D eigenvalue weighted by molar-refractivity contribution is -0.134. The molecule has 3 amide bonds. The molecule has 2 rings (SSSR count). The second-order valence-electron chi connectivity index (χ2n) is 7.75. The van der Waals surface area contributed by atoms with Gasteiger partial charge in [-0.1, -0.05) is 29.8 Å². The Hall–Kier alpha value is -2.41. The molecule has 1 aromatic carbocycles. The lowest BCUT2D eigenvalue weighted by Crippen LogP contribution is -2.52. The Bertz CT molecular complexity index is 679. The zero-order valence-electron chi connectivity index (χ0n) is 17.3. The smallest absolute Gasteiger partial charge is 0.234 e. The van der Waals surface area contributed by atoms with Crippen molar-refractivity contribution < 1.29 is 14.4 Å². The van der Waals surface area contributed by atoms with Crippen LogP contribution in [0.5, 0.6) is 0 Å². The van der Waals surface area contributed by atoms with Crippen molar-refractivity contribution in [2.45, 2.75) is 46.2 Å². The SMILES string of the molecule is CC(=O)NC(CC(=O)N1CCN(CC(=O)NC(C)C)CC1)c1ccc(C)cc1. The molecule has 0 aliphatic carbocycles. The summed E-state index contributed by atoms with van der Waals surface area (Å²) in [6.45, 7) is 10.2.